The fourth-order valence-electron chi connectivity index (χ4n) is 4.24. The van der Waals surface area contributed by atoms with Gasteiger partial charge in [-0.2, -0.15) is 0 Å². The van der Waals surface area contributed by atoms with E-state index in [0.717, 1.165) is 28.1 Å². The third-order valence-electron chi connectivity index (χ3n) is 6.13. The Morgan fingerprint density at radius 3 is 2.52 bits per heavy atom. The molecule has 40 heavy (non-hydrogen) atoms. The number of thioether (sulfide) groups is 1. The SMILES string of the molecule is COc1cc(/C=C2\SC(=O)N(Cc3cccc4ccccc34)C2=O)cc(Cl)c1OCC(=O)Nc1ccccc1Cl. The second-order valence-electron chi connectivity index (χ2n) is 8.76. The first kappa shape index (κ1) is 27.6. The van der Waals surface area contributed by atoms with Gasteiger partial charge >= 0.3 is 0 Å². The van der Waals surface area contributed by atoms with E-state index in [1.165, 1.54) is 12.0 Å². The molecule has 1 aliphatic heterocycles. The lowest BCUT2D eigenvalue weighted by Gasteiger charge is -2.14. The highest BCUT2D eigenvalue weighted by Gasteiger charge is 2.35. The van der Waals surface area contributed by atoms with Crippen LogP contribution in [0.2, 0.25) is 10.0 Å². The number of ether oxygens (including phenoxy) is 2. The smallest absolute Gasteiger partial charge is 0.293 e. The first-order chi connectivity index (χ1) is 19.3. The number of hydrogen-bond acceptors (Lipinski definition) is 6. The average molecular weight is 593 g/mol. The monoisotopic (exact) mass is 592 g/mol. The number of nitrogens with one attached hydrogen (secondary N) is 1. The molecule has 0 aromatic heterocycles. The van der Waals surface area contributed by atoms with Crippen molar-refractivity contribution >= 4 is 74.6 Å². The highest BCUT2D eigenvalue weighted by molar-refractivity contribution is 8.18. The van der Waals surface area contributed by atoms with Crippen molar-refractivity contribution in [2.24, 2.45) is 0 Å². The summed E-state index contributed by atoms with van der Waals surface area (Å²) in [4.78, 5) is 39.8. The molecule has 1 fully saturated rings. The van der Waals surface area contributed by atoms with Crippen molar-refractivity contribution in [1.82, 2.24) is 4.90 Å². The number of fused-ring (bicyclic) bond motifs is 1. The van der Waals surface area contributed by atoms with Crippen molar-refractivity contribution in [3.63, 3.8) is 0 Å². The number of halogens is 2. The molecule has 0 atom stereocenters. The maximum absolute atomic E-state index is 13.2. The summed E-state index contributed by atoms with van der Waals surface area (Å²) in [6.07, 6.45) is 1.58. The van der Waals surface area contributed by atoms with Crippen LogP contribution in [0.15, 0.2) is 83.8 Å². The average Bonchev–Trinajstić information content (AvgIpc) is 3.20. The van der Waals surface area contributed by atoms with Gasteiger partial charge in [-0.05, 0) is 64.0 Å². The normalized spacial score (nSPS) is 14.2. The van der Waals surface area contributed by atoms with E-state index in [-0.39, 0.29) is 39.8 Å². The number of hydrogen-bond donors (Lipinski definition) is 1. The standard InChI is InChI=1S/C30H22Cl2N2O5S/c1-38-25-14-18(13-23(32)28(25)39-17-27(35)33-24-12-5-4-11-22(24)31)15-26-29(36)34(30(37)40-26)16-20-9-6-8-19-7-2-3-10-21(19)20/h2-15H,16-17H2,1H3,(H,33,35)/b26-15-. The summed E-state index contributed by atoms with van der Waals surface area (Å²) in [5.74, 6) is -0.399. The van der Waals surface area contributed by atoms with Gasteiger partial charge in [0.15, 0.2) is 18.1 Å². The largest absolute Gasteiger partial charge is 0.493 e. The molecule has 1 aliphatic rings. The predicted octanol–water partition coefficient (Wildman–Crippen LogP) is 7.41. The van der Waals surface area contributed by atoms with Gasteiger partial charge in [-0.25, -0.2) is 0 Å². The van der Waals surface area contributed by atoms with E-state index in [2.05, 4.69) is 5.32 Å². The number of nitrogens with zero attached hydrogens (tertiary/aromatic N) is 1. The second kappa shape index (κ2) is 12.0. The van der Waals surface area contributed by atoms with Crippen LogP contribution in [-0.2, 0) is 16.1 Å². The van der Waals surface area contributed by atoms with Gasteiger partial charge in [0, 0.05) is 0 Å². The molecule has 4 aromatic carbocycles. The summed E-state index contributed by atoms with van der Waals surface area (Å²) in [7, 11) is 1.43. The minimum Gasteiger partial charge on any atom is -0.493 e. The predicted molar refractivity (Wildman–Crippen MR) is 159 cm³/mol. The Hall–Kier alpha value is -3.98. The molecule has 1 N–H and O–H groups in total. The zero-order valence-electron chi connectivity index (χ0n) is 21.1. The van der Waals surface area contributed by atoms with Crippen molar-refractivity contribution in [1.29, 1.82) is 0 Å². The van der Waals surface area contributed by atoms with Gasteiger partial charge in [0.2, 0.25) is 0 Å². The van der Waals surface area contributed by atoms with Gasteiger partial charge in [0.25, 0.3) is 17.1 Å². The molecule has 10 heteroatoms. The summed E-state index contributed by atoms with van der Waals surface area (Å²) in [6, 6.07) is 23.7. The molecular weight excluding hydrogens is 571 g/mol. The van der Waals surface area contributed by atoms with Gasteiger partial charge < -0.3 is 14.8 Å². The van der Waals surface area contributed by atoms with Crippen molar-refractivity contribution in [3.05, 3.63) is 105 Å². The number of carbonyl (C=O) groups excluding carboxylic acids is 3. The maximum atomic E-state index is 13.2. The van der Waals surface area contributed by atoms with E-state index in [1.807, 2.05) is 42.5 Å². The van der Waals surface area contributed by atoms with Gasteiger partial charge in [-0.3, -0.25) is 19.3 Å². The van der Waals surface area contributed by atoms with Gasteiger partial charge in [0.1, 0.15) is 0 Å². The van der Waals surface area contributed by atoms with E-state index < -0.39 is 11.8 Å². The quantitative estimate of drug-likeness (QED) is 0.214. The minimum atomic E-state index is -0.435. The van der Waals surface area contributed by atoms with Gasteiger partial charge in [-0.15, -0.1) is 0 Å². The molecular formula is C30H22Cl2N2O5S. The zero-order valence-corrected chi connectivity index (χ0v) is 23.5. The van der Waals surface area contributed by atoms with Crippen LogP contribution < -0.4 is 14.8 Å². The Kier molecular flexibility index (Phi) is 8.30. The van der Waals surface area contributed by atoms with E-state index in [1.54, 1.807) is 42.5 Å². The lowest BCUT2D eigenvalue weighted by Crippen LogP contribution is -2.27. The lowest BCUT2D eigenvalue weighted by molar-refractivity contribution is -0.123. The lowest BCUT2D eigenvalue weighted by atomic mass is 10.0. The van der Waals surface area contributed by atoms with Gasteiger partial charge in [-0.1, -0.05) is 77.8 Å². The van der Waals surface area contributed by atoms with Crippen molar-refractivity contribution in [3.8, 4) is 11.5 Å². The fraction of sp³-hybridized carbons (Fsp3) is 0.100. The second-order valence-corrected chi connectivity index (χ2v) is 10.6. The summed E-state index contributed by atoms with van der Waals surface area (Å²) >= 11 is 13.4. The van der Waals surface area contributed by atoms with Crippen molar-refractivity contribution in [2.75, 3.05) is 19.0 Å². The van der Waals surface area contributed by atoms with Crippen LogP contribution in [0, 0.1) is 0 Å². The molecule has 3 amide bonds. The summed E-state index contributed by atoms with van der Waals surface area (Å²) in [5.41, 5.74) is 1.87. The van der Waals surface area contributed by atoms with E-state index in [4.69, 9.17) is 32.7 Å². The van der Waals surface area contributed by atoms with E-state index >= 15 is 0 Å². The Morgan fingerprint density at radius 2 is 1.73 bits per heavy atom. The number of benzene rings is 4. The molecule has 4 aromatic rings. The molecule has 202 valence electrons. The summed E-state index contributed by atoms with van der Waals surface area (Å²) in [6.45, 7) is -0.176. The molecule has 0 saturated carbocycles. The van der Waals surface area contributed by atoms with Gasteiger partial charge in [0.05, 0.1) is 34.3 Å². The van der Waals surface area contributed by atoms with E-state index in [9.17, 15) is 14.4 Å². The first-order valence-electron chi connectivity index (χ1n) is 12.1. The molecule has 0 bridgehead atoms. The minimum absolute atomic E-state index is 0.163. The summed E-state index contributed by atoms with van der Waals surface area (Å²) < 4.78 is 11.1. The number of rotatable bonds is 8. The molecule has 0 spiro atoms. The fourth-order valence-corrected chi connectivity index (χ4v) is 5.53. The number of methoxy groups -OCH3 is 1. The Bertz CT molecular complexity index is 1670. The highest BCUT2D eigenvalue weighted by atomic mass is 35.5. The number of anilines is 1. The Morgan fingerprint density at radius 1 is 0.975 bits per heavy atom. The summed E-state index contributed by atoms with van der Waals surface area (Å²) in [5, 5.41) is 4.91. The molecule has 0 unspecified atom stereocenters. The topological polar surface area (TPSA) is 84.9 Å². The first-order valence-corrected chi connectivity index (χ1v) is 13.7. The van der Waals surface area contributed by atoms with E-state index in [0.29, 0.717) is 16.3 Å². The van der Waals surface area contributed by atoms with Crippen molar-refractivity contribution < 1.29 is 23.9 Å². The Balaban J connectivity index is 1.31. The van der Waals surface area contributed by atoms with Crippen LogP contribution in [0.5, 0.6) is 11.5 Å². The molecule has 1 saturated heterocycles. The number of carbonyl (C=O) groups is 3. The zero-order chi connectivity index (χ0) is 28.2. The number of para-hydroxylation sites is 1. The van der Waals surface area contributed by atoms with Crippen LogP contribution in [-0.4, -0.2) is 35.7 Å². The molecule has 7 nitrogen and oxygen atoms in total. The van der Waals surface area contributed by atoms with Crippen LogP contribution in [0.3, 0.4) is 0 Å². The van der Waals surface area contributed by atoms with Crippen LogP contribution in [0.1, 0.15) is 11.1 Å². The highest BCUT2D eigenvalue weighted by Crippen LogP contribution is 2.39. The van der Waals surface area contributed by atoms with Crippen LogP contribution >= 0.6 is 35.0 Å². The molecule has 0 radical (unpaired) electrons. The molecule has 5 rings (SSSR count). The maximum Gasteiger partial charge on any atom is 0.293 e. The van der Waals surface area contributed by atoms with Crippen LogP contribution in [0.4, 0.5) is 10.5 Å². The third-order valence-corrected chi connectivity index (χ3v) is 7.64. The Labute approximate surface area is 244 Å². The molecule has 1 heterocycles. The van der Waals surface area contributed by atoms with Crippen molar-refractivity contribution in [2.45, 2.75) is 6.54 Å². The number of imide groups is 1. The molecule has 0 aliphatic carbocycles. The third kappa shape index (κ3) is 5.94. The van der Waals surface area contributed by atoms with Crippen LogP contribution in [0.25, 0.3) is 16.8 Å². The number of amides is 3.